The van der Waals surface area contributed by atoms with Gasteiger partial charge in [-0.1, -0.05) is 30.3 Å². The fourth-order valence-corrected chi connectivity index (χ4v) is 3.06. The summed E-state index contributed by atoms with van der Waals surface area (Å²) in [5, 5.41) is 26.0. The van der Waals surface area contributed by atoms with E-state index in [-0.39, 0.29) is 10.6 Å². The zero-order valence-corrected chi connectivity index (χ0v) is 12.0. The molecule has 0 fully saturated rings. The standard InChI is InChI=1S/C19H10N2O2/c20-11-12-1-5-16-13(9-12)2-6-19-17-8-4-15(21(22)23)10-14(17)3-7-18(16)19/h1-10H. The molecule has 0 atom stereocenters. The van der Waals surface area contributed by atoms with E-state index in [9.17, 15) is 10.1 Å². The molecular weight excluding hydrogens is 288 g/mol. The summed E-state index contributed by atoms with van der Waals surface area (Å²) in [6.45, 7) is 0. The molecular formula is C19H10N2O2. The molecule has 0 saturated heterocycles. The van der Waals surface area contributed by atoms with Gasteiger partial charge in [0.2, 0.25) is 0 Å². The van der Waals surface area contributed by atoms with Crippen molar-refractivity contribution in [3.05, 3.63) is 76.3 Å². The van der Waals surface area contributed by atoms with Crippen LogP contribution in [0.1, 0.15) is 5.56 Å². The summed E-state index contributed by atoms with van der Waals surface area (Å²) in [6, 6.07) is 20.6. The molecule has 4 heteroatoms. The first-order valence-electron chi connectivity index (χ1n) is 7.11. The highest BCUT2D eigenvalue weighted by Gasteiger charge is 2.09. The van der Waals surface area contributed by atoms with Crippen LogP contribution in [0.15, 0.2) is 60.7 Å². The number of benzene rings is 4. The largest absolute Gasteiger partial charge is 0.270 e. The lowest BCUT2D eigenvalue weighted by Crippen LogP contribution is -1.88. The van der Waals surface area contributed by atoms with E-state index in [1.165, 1.54) is 6.07 Å². The molecule has 0 aliphatic heterocycles. The number of nitrogens with zero attached hydrogens (tertiary/aromatic N) is 2. The van der Waals surface area contributed by atoms with Crippen LogP contribution in [0, 0.1) is 21.4 Å². The van der Waals surface area contributed by atoms with Crippen molar-refractivity contribution in [2.24, 2.45) is 0 Å². The van der Waals surface area contributed by atoms with Crippen LogP contribution in [-0.2, 0) is 0 Å². The molecule has 0 aromatic heterocycles. The van der Waals surface area contributed by atoms with Crippen molar-refractivity contribution in [3.63, 3.8) is 0 Å². The maximum absolute atomic E-state index is 10.9. The molecule has 0 radical (unpaired) electrons. The Hall–Kier alpha value is -3.45. The molecule has 0 amide bonds. The number of non-ortho nitro benzene ring substituents is 1. The molecule has 23 heavy (non-hydrogen) atoms. The second kappa shape index (κ2) is 4.79. The van der Waals surface area contributed by atoms with Gasteiger partial charge < -0.3 is 0 Å². The van der Waals surface area contributed by atoms with Crippen LogP contribution in [0.5, 0.6) is 0 Å². The zero-order valence-electron chi connectivity index (χ0n) is 12.0. The van der Waals surface area contributed by atoms with Gasteiger partial charge in [-0.15, -0.1) is 0 Å². The van der Waals surface area contributed by atoms with Crippen LogP contribution in [0.2, 0.25) is 0 Å². The molecule has 0 saturated carbocycles. The smallest absolute Gasteiger partial charge is 0.258 e. The van der Waals surface area contributed by atoms with Gasteiger partial charge >= 0.3 is 0 Å². The average molecular weight is 298 g/mol. The third-order valence-electron chi connectivity index (χ3n) is 4.16. The summed E-state index contributed by atoms with van der Waals surface area (Å²) < 4.78 is 0. The van der Waals surface area contributed by atoms with Crippen molar-refractivity contribution >= 4 is 38.0 Å². The molecule has 0 spiro atoms. The lowest BCUT2D eigenvalue weighted by atomic mass is 9.96. The third kappa shape index (κ3) is 1.99. The number of nitro groups is 1. The van der Waals surface area contributed by atoms with E-state index in [2.05, 4.69) is 6.07 Å². The molecule has 108 valence electrons. The zero-order chi connectivity index (χ0) is 16.0. The third-order valence-corrected chi connectivity index (χ3v) is 4.16. The molecule has 0 bridgehead atoms. The number of hydrogen-bond acceptors (Lipinski definition) is 3. The van der Waals surface area contributed by atoms with Crippen LogP contribution in [0.25, 0.3) is 32.3 Å². The molecule has 0 unspecified atom stereocenters. The van der Waals surface area contributed by atoms with Gasteiger partial charge in [0.15, 0.2) is 0 Å². The van der Waals surface area contributed by atoms with Gasteiger partial charge in [-0.3, -0.25) is 10.1 Å². The molecule has 0 aliphatic carbocycles. The first-order chi connectivity index (χ1) is 11.2. The van der Waals surface area contributed by atoms with Crippen molar-refractivity contribution in [1.82, 2.24) is 0 Å². The van der Waals surface area contributed by atoms with Crippen LogP contribution in [0.3, 0.4) is 0 Å². The predicted molar refractivity (Wildman–Crippen MR) is 90.3 cm³/mol. The summed E-state index contributed by atoms with van der Waals surface area (Å²) in [5.41, 5.74) is 0.726. The minimum absolute atomic E-state index is 0.0938. The van der Waals surface area contributed by atoms with Gasteiger partial charge in [0.25, 0.3) is 5.69 Å². The first-order valence-corrected chi connectivity index (χ1v) is 7.11. The predicted octanol–water partition coefficient (Wildman–Crippen LogP) is 4.93. The van der Waals surface area contributed by atoms with Crippen molar-refractivity contribution in [1.29, 1.82) is 5.26 Å². The van der Waals surface area contributed by atoms with E-state index in [0.29, 0.717) is 5.56 Å². The molecule has 4 aromatic rings. The average Bonchev–Trinajstić information content (AvgIpc) is 2.59. The second-order valence-corrected chi connectivity index (χ2v) is 5.44. The van der Waals surface area contributed by atoms with Crippen LogP contribution < -0.4 is 0 Å². The Morgan fingerprint density at radius 1 is 0.783 bits per heavy atom. The Kier molecular flexibility index (Phi) is 2.75. The van der Waals surface area contributed by atoms with E-state index in [4.69, 9.17) is 5.26 Å². The SMILES string of the molecule is N#Cc1ccc2c(ccc3c4ccc([N+](=O)[O-])cc4ccc23)c1. The Balaban J connectivity index is 2.09. The van der Waals surface area contributed by atoms with E-state index in [0.717, 1.165) is 32.3 Å². The second-order valence-electron chi connectivity index (χ2n) is 5.44. The summed E-state index contributed by atoms with van der Waals surface area (Å²) in [5.74, 6) is 0. The molecule has 0 N–H and O–H groups in total. The van der Waals surface area contributed by atoms with Gasteiger partial charge in [0.1, 0.15) is 0 Å². The van der Waals surface area contributed by atoms with E-state index >= 15 is 0 Å². The Morgan fingerprint density at radius 3 is 1.96 bits per heavy atom. The minimum Gasteiger partial charge on any atom is -0.258 e. The fourth-order valence-electron chi connectivity index (χ4n) is 3.06. The summed E-state index contributed by atoms with van der Waals surface area (Å²) in [6.07, 6.45) is 0. The Morgan fingerprint density at radius 2 is 1.35 bits per heavy atom. The summed E-state index contributed by atoms with van der Waals surface area (Å²) in [7, 11) is 0. The van der Waals surface area contributed by atoms with Crippen molar-refractivity contribution < 1.29 is 4.92 Å². The highest BCUT2D eigenvalue weighted by Crippen LogP contribution is 2.33. The van der Waals surface area contributed by atoms with Crippen LogP contribution in [0.4, 0.5) is 5.69 Å². The van der Waals surface area contributed by atoms with Crippen LogP contribution >= 0.6 is 0 Å². The molecule has 4 aromatic carbocycles. The fraction of sp³-hybridized carbons (Fsp3) is 0. The van der Waals surface area contributed by atoms with Crippen molar-refractivity contribution in [3.8, 4) is 6.07 Å². The van der Waals surface area contributed by atoms with Gasteiger partial charge in [-0.25, -0.2) is 0 Å². The Bertz CT molecular complexity index is 1160. The molecule has 4 nitrogen and oxygen atoms in total. The number of nitriles is 1. The minimum atomic E-state index is -0.382. The number of nitro benzene ring substituents is 1. The normalized spacial score (nSPS) is 10.9. The van der Waals surface area contributed by atoms with E-state index in [1.54, 1.807) is 12.1 Å². The number of fused-ring (bicyclic) bond motifs is 5. The summed E-state index contributed by atoms with van der Waals surface area (Å²) in [4.78, 5) is 10.5. The lowest BCUT2D eigenvalue weighted by molar-refractivity contribution is -0.384. The highest BCUT2D eigenvalue weighted by molar-refractivity contribution is 6.17. The first kappa shape index (κ1) is 13.2. The molecule has 4 rings (SSSR count). The van der Waals surface area contributed by atoms with Gasteiger partial charge in [0, 0.05) is 12.1 Å². The molecule has 0 aliphatic rings. The monoisotopic (exact) mass is 298 g/mol. The van der Waals surface area contributed by atoms with Crippen LogP contribution in [-0.4, -0.2) is 4.92 Å². The lowest BCUT2D eigenvalue weighted by Gasteiger charge is -2.08. The highest BCUT2D eigenvalue weighted by atomic mass is 16.6. The summed E-state index contributed by atoms with van der Waals surface area (Å²) >= 11 is 0. The topological polar surface area (TPSA) is 66.9 Å². The molecule has 0 heterocycles. The van der Waals surface area contributed by atoms with Crippen molar-refractivity contribution in [2.45, 2.75) is 0 Å². The number of rotatable bonds is 1. The van der Waals surface area contributed by atoms with Crippen molar-refractivity contribution in [2.75, 3.05) is 0 Å². The van der Waals surface area contributed by atoms with Gasteiger partial charge in [-0.2, -0.15) is 5.26 Å². The van der Waals surface area contributed by atoms with Gasteiger partial charge in [-0.05, 0) is 50.5 Å². The van der Waals surface area contributed by atoms with Gasteiger partial charge in [0.05, 0.1) is 16.6 Å². The maximum Gasteiger partial charge on any atom is 0.270 e. The quantitative estimate of drug-likeness (QED) is 0.284. The maximum atomic E-state index is 10.9. The van der Waals surface area contributed by atoms with E-state index in [1.807, 2.05) is 42.5 Å². The Labute approximate surface area is 131 Å². The number of hydrogen-bond donors (Lipinski definition) is 0. The van der Waals surface area contributed by atoms with E-state index < -0.39 is 0 Å².